The van der Waals surface area contributed by atoms with Crippen LogP contribution in [0.25, 0.3) is 0 Å². The first-order valence-electron chi connectivity index (χ1n) is 10.3. The van der Waals surface area contributed by atoms with Crippen molar-refractivity contribution in [3.63, 3.8) is 0 Å². The number of carbonyl (C=O) groups excluding carboxylic acids is 1. The van der Waals surface area contributed by atoms with Crippen molar-refractivity contribution in [3.05, 3.63) is 52.0 Å². The van der Waals surface area contributed by atoms with Crippen LogP contribution in [-0.4, -0.2) is 32.7 Å². The molecule has 1 aromatic carbocycles. The summed E-state index contributed by atoms with van der Waals surface area (Å²) >= 11 is 0. The molecule has 0 unspecified atom stereocenters. The second-order valence-electron chi connectivity index (χ2n) is 8.49. The van der Waals surface area contributed by atoms with Crippen LogP contribution < -0.4 is 5.32 Å². The molecule has 2 heterocycles. The van der Waals surface area contributed by atoms with E-state index in [0.29, 0.717) is 28.5 Å². The number of rotatable bonds is 5. The molecule has 1 fully saturated rings. The number of alkyl halides is 5. The van der Waals surface area contributed by atoms with Gasteiger partial charge in [-0.3, -0.25) is 4.79 Å². The van der Waals surface area contributed by atoms with Gasteiger partial charge >= 0.3 is 6.18 Å². The van der Waals surface area contributed by atoms with E-state index in [2.05, 4.69) is 15.3 Å². The third-order valence-corrected chi connectivity index (χ3v) is 6.35. The smallest absolute Gasteiger partial charge is 0.363 e. The lowest BCUT2D eigenvalue weighted by atomic mass is 9.96. The summed E-state index contributed by atoms with van der Waals surface area (Å²) in [4.78, 5) is 22.5. The van der Waals surface area contributed by atoms with Crippen LogP contribution >= 0.6 is 0 Å². The highest BCUT2D eigenvalue weighted by molar-refractivity contribution is 5.82. The Morgan fingerprint density at radius 2 is 1.84 bits per heavy atom. The van der Waals surface area contributed by atoms with Gasteiger partial charge in [-0.05, 0) is 50.8 Å². The molecule has 0 spiro atoms. The van der Waals surface area contributed by atoms with E-state index < -0.39 is 35.7 Å². The first-order chi connectivity index (χ1) is 14.9. The van der Waals surface area contributed by atoms with Gasteiger partial charge in [0.05, 0.1) is 30.3 Å². The summed E-state index contributed by atoms with van der Waals surface area (Å²) in [6.45, 7) is 4.70. The summed E-state index contributed by atoms with van der Waals surface area (Å²) in [7, 11) is 0. The third-order valence-electron chi connectivity index (χ3n) is 6.35. The molecule has 1 aromatic heterocycles. The molecule has 172 valence electrons. The summed E-state index contributed by atoms with van der Waals surface area (Å²) in [5, 5.41) is 3.14. The largest absolute Gasteiger partial charge is 0.416 e. The van der Waals surface area contributed by atoms with Crippen molar-refractivity contribution in [3.8, 4) is 0 Å². The Bertz CT molecular complexity index is 1070. The molecule has 0 bridgehead atoms. The highest BCUT2D eigenvalue weighted by Crippen LogP contribution is 2.49. The van der Waals surface area contributed by atoms with E-state index >= 15 is 0 Å². The van der Waals surface area contributed by atoms with Crippen LogP contribution in [0.15, 0.2) is 18.2 Å². The van der Waals surface area contributed by atoms with Gasteiger partial charge in [0.25, 0.3) is 6.43 Å². The number of aromatic nitrogens is 2. The number of nitrogens with one attached hydrogen (secondary N) is 1. The Hall–Kier alpha value is -2.78. The maximum Gasteiger partial charge on any atom is 0.416 e. The summed E-state index contributed by atoms with van der Waals surface area (Å²) in [5.74, 6) is 0.330. The zero-order valence-corrected chi connectivity index (χ0v) is 17.9. The topological polar surface area (TPSA) is 58.1 Å². The van der Waals surface area contributed by atoms with Gasteiger partial charge in [-0.15, -0.1) is 0 Å². The Morgan fingerprint density at radius 1 is 1.16 bits per heavy atom. The van der Waals surface area contributed by atoms with E-state index in [9.17, 15) is 26.7 Å². The molecule has 10 heteroatoms. The van der Waals surface area contributed by atoms with Crippen molar-refractivity contribution in [2.75, 3.05) is 5.32 Å². The average molecular weight is 454 g/mol. The normalized spacial score (nSPS) is 18.5. The first-order valence-corrected chi connectivity index (χ1v) is 10.3. The fourth-order valence-electron chi connectivity index (χ4n) is 4.42. The molecule has 5 nitrogen and oxygen atoms in total. The maximum absolute atomic E-state index is 13.7. The van der Waals surface area contributed by atoms with E-state index in [0.717, 1.165) is 6.07 Å². The van der Waals surface area contributed by atoms with Crippen LogP contribution in [0.4, 0.5) is 27.8 Å². The van der Waals surface area contributed by atoms with E-state index in [1.807, 2.05) is 0 Å². The van der Waals surface area contributed by atoms with Gasteiger partial charge in [-0.2, -0.15) is 13.2 Å². The van der Waals surface area contributed by atoms with Crippen molar-refractivity contribution in [2.24, 2.45) is 0 Å². The number of nitrogens with zero attached hydrogens (tertiary/aromatic N) is 3. The van der Waals surface area contributed by atoms with Crippen molar-refractivity contribution in [1.29, 1.82) is 0 Å². The third kappa shape index (κ3) is 3.80. The number of aryl methyl sites for hydroxylation is 1. The minimum absolute atomic E-state index is 0.0601. The molecular weight excluding hydrogens is 431 g/mol. The molecular formula is C22H23F5N4O. The molecule has 4 rings (SSSR count). The number of anilines is 1. The van der Waals surface area contributed by atoms with Gasteiger partial charge in [0.2, 0.25) is 5.91 Å². The van der Waals surface area contributed by atoms with E-state index in [1.54, 1.807) is 19.9 Å². The molecule has 32 heavy (non-hydrogen) atoms. The zero-order valence-electron chi connectivity index (χ0n) is 17.9. The molecule has 2 aliphatic rings. The predicted octanol–water partition coefficient (Wildman–Crippen LogP) is 4.97. The molecule has 1 aliphatic carbocycles. The standard InChI is InChI=1S/C22H23F5N4O/c1-11-14(5-4-6-16(11)22(25,26)27)12(2)28-19-15-10-31(21(7-8-21)20(23)24)18(32)9-17(15)29-13(3)30-19/h4-6,12,20H,7-10H2,1-3H3,(H,28,29,30)/t12-/m1/s1. The van der Waals surface area contributed by atoms with Crippen LogP contribution in [-0.2, 0) is 23.9 Å². The van der Waals surface area contributed by atoms with E-state index in [4.69, 9.17) is 0 Å². The molecule has 1 amide bonds. The fourth-order valence-corrected chi connectivity index (χ4v) is 4.42. The van der Waals surface area contributed by atoms with E-state index in [1.165, 1.54) is 17.9 Å². The lowest BCUT2D eigenvalue weighted by Crippen LogP contribution is -2.49. The van der Waals surface area contributed by atoms with Crippen LogP contribution in [0.3, 0.4) is 0 Å². The van der Waals surface area contributed by atoms with Gasteiger partial charge in [0.15, 0.2) is 0 Å². The summed E-state index contributed by atoms with van der Waals surface area (Å²) < 4.78 is 67.3. The van der Waals surface area contributed by atoms with Gasteiger partial charge in [0, 0.05) is 5.56 Å². The minimum atomic E-state index is -4.47. The van der Waals surface area contributed by atoms with Crippen molar-refractivity contribution < 1.29 is 26.7 Å². The number of amides is 1. The van der Waals surface area contributed by atoms with Crippen LogP contribution in [0, 0.1) is 13.8 Å². The van der Waals surface area contributed by atoms with Crippen molar-refractivity contribution in [1.82, 2.24) is 14.9 Å². The Morgan fingerprint density at radius 3 is 2.44 bits per heavy atom. The highest BCUT2D eigenvalue weighted by Gasteiger charge is 2.58. The lowest BCUT2D eigenvalue weighted by molar-refractivity contribution is -0.140. The van der Waals surface area contributed by atoms with Gasteiger partial charge in [-0.25, -0.2) is 18.7 Å². The molecule has 1 aliphatic heterocycles. The predicted molar refractivity (Wildman–Crippen MR) is 107 cm³/mol. The van der Waals surface area contributed by atoms with Crippen LogP contribution in [0.1, 0.15) is 59.6 Å². The highest BCUT2D eigenvalue weighted by atomic mass is 19.4. The molecule has 0 saturated heterocycles. The van der Waals surface area contributed by atoms with Gasteiger partial charge in [-0.1, -0.05) is 12.1 Å². The fraction of sp³-hybridized carbons (Fsp3) is 0.500. The summed E-state index contributed by atoms with van der Waals surface area (Å²) in [6, 6.07) is 3.44. The van der Waals surface area contributed by atoms with Gasteiger partial charge in [0.1, 0.15) is 17.2 Å². The van der Waals surface area contributed by atoms with Crippen molar-refractivity contribution >= 4 is 11.7 Å². The Labute approximate surface area is 182 Å². The van der Waals surface area contributed by atoms with E-state index in [-0.39, 0.29) is 31.4 Å². The Kier molecular flexibility index (Phi) is 5.37. The minimum Gasteiger partial charge on any atom is -0.363 e. The van der Waals surface area contributed by atoms with Gasteiger partial charge < -0.3 is 10.2 Å². The molecule has 1 atom stereocenters. The zero-order chi connectivity index (χ0) is 23.4. The quantitative estimate of drug-likeness (QED) is 0.649. The Balaban J connectivity index is 1.68. The maximum atomic E-state index is 13.7. The van der Waals surface area contributed by atoms with Crippen LogP contribution in [0.5, 0.6) is 0 Å². The molecule has 1 N–H and O–H groups in total. The number of hydrogen-bond donors (Lipinski definition) is 1. The number of benzene rings is 1. The molecule has 1 saturated carbocycles. The van der Waals surface area contributed by atoms with Crippen LogP contribution in [0.2, 0.25) is 0 Å². The molecule has 0 radical (unpaired) electrons. The average Bonchev–Trinajstić information content (AvgIpc) is 3.48. The summed E-state index contributed by atoms with van der Waals surface area (Å²) in [5.41, 5.74) is -0.627. The molecule has 2 aromatic rings. The second kappa shape index (κ2) is 7.67. The lowest BCUT2D eigenvalue weighted by Gasteiger charge is -2.36. The van der Waals surface area contributed by atoms with Crippen molar-refractivity contribution in [2.45, 2.75) is 70.8 Å². The number of hydrogen-bond acceptors (Lipinski definition) is 4. The summed E-state index contributed by atoms with van der Waals surface area (Å²) in [6.07, 6.45) is -6.76. The number of halogens is 5. The number of carbonyl (C=O) groups is 1. The first kappa shape index (κ1) is 22.4. The SMILES string of the molecule is Cc1nc2c(c(N[C@H](C)c3cccc(C(F)(F)F)c3C)n1)CN(C1(C(F)F)CC1)C(=O)C2. The number of fused-ring (bicyclic) bond motifs is 1. The second-order valence-corrected chi connectivity index (χ2v) is 8.49. The monoisotopic (exact) mass is 454 g/mol.